The van der Waals surface area contributed by atoms with E-state index < -0.39 is 239 Å². The fourth-order valence-electron chi connectivity index (χ4n) is 9.59. The Labute approximate surface area is 844 Å². The van der Waals surface area contributed by atoms with Gasteiger partial charge < -0.3 is 91.6 Å². The maximum atomic E-state index is 13.3. The first-order valence-electron chi connectivity index (χ1n) is 40.7. The predicted octanol–water partition coefficient (Wildman–Crippen LogP) is 7.35. The normalized spacial score (nSPS) is 12.2. The second kappa shape index (κ2) is 66.9. The number of amides is 5. The molecule has 141 heavy (non-hydrogen) atoms. The summed E-state index contributed by atoms with van der Waals surface area (Å²) in [5, 5.41) is 74.3. The molecular weight excluding hydrogens is 2040 g/mol. The number of hydrogen-bond acceptors (Lipinski definition) is 37. The number of nitro benzene ring substituents is 4. The summed E-state index contributed by atoms with van der Waals surface area (Å²) in [7, 11) is -8.90. The van der Waals surface area contributed by atoms with Crippen LogP contribution < -0.4 is 61.6 Å². The number of nitrogens with one attached hydrogen (secondary N) is 6. The van der Waals surface area contributed by atoms with E-state index in [1.54, 1.807) is 116 Å². The molecule has 58 heteroatoms. The van der Waals surface area contributed by atoms with E-state index in [1.165, 1.54) is 62.1 Å². The molecule has 51 nitrogen and oxygen atoms in total. The molecule has 0 radical (unpaired) electrons. The number of aliphatic carboxylic acids is 2. The van der Waals surface area contributed by atoms with Crippen LogP contribution >= 0.6 is 26.6 Å². The molecule has 0 fully saturated rings. The summed E-state index contributed by atoms with van der Waals surface area (Å²) in [6.45, 7) is 33.2. The Bertz CT molecular complexity index is 5250. The van der Waals surface area contributed by atoms with E-state index >= 15 is 0 Å². The molecule has 13 N–H and O–H groups in total. The van der Waals surface area contributed by atoms with E-state index in [1.807, 2.05) is 6.08 Å². The Balaban J connectivity index is -0.000000393. The number of allylic oxidation sites excluding steroid dienone is 3. The molecule has 0 aromatic heterocycles. The first-order chi connectivity index (χ1) is 63.4. The standard InChI is InChI=1S/C20H29N3O8S.C19H27N3O8S.C15H21N3O8S.C9H18N2O4.C8H16N2O4.C6H4ClNO4S.C5H9Br.CH4.Li.H2O/c1-6-7-10-13-22(32(28,29)17-12-9-8-11-16(17)23(26)27)14-15(18(24)30-5)21-19(25)31-20(2,3)4;1-5-6-9-12-21(13-14(17(23)24)20-18(25)30-19(2,3)4)31(28,29)16-11-8-7-10-15(16)22(26)27;1-15(2,3)26-14(20)17-10(13(19)25-4)9-16-27(23,24)12-8-6-5-7-11(12)18(21)22;1-9(2,3)15-8(13)11-6(5-10)7(12)14-4;1-8(2,3)14-7(13)10-5(4-9)6(11)12;7-13(11,12)6-4-2-1-3-5(6)8(9)10;1-2-3-4-5-6;;;/h6,8-9,11-12,15H,1,7,10,13-14H2,2-5H3,(H,21,25);5,7-8,10-11,14H,1,6,9,12-13H2,2-4H3,(H,20,25)(H,23,24);5-8,10,16H,9H2,1-4H3,(H,17,20);6H,5,10H2,1-4H3,(H,11,13);5H,4,9H2,1-3H3,(H,10,13)(H,11,12);1-4H;2H,1,3-5H2;1H4;;1H2/q;;;;;;;;+1;/p-1/t15-;14-;10-;6-;5-;;;;;/m00000...../s1. The van der Waals surface area contributed by atoms with Gasteiger partial charge in [-0.2, -0.15) is 8.61 Å². The number of para-hydroxylation sites is 4. The summed E-state index contributed by atoms with van der Waals surface area (Å²) in [5.74, 6) is -5.09. The number of ether oxygens (including phenoxy) is 8. The molecule has 0 heterocycles. The van der Waals surface area contributed by atoms with Gasteiger partial charge in [-0.1, -0.05) is 90.1 Å². The van der Waals surface area contributed by atoms with Crippen molar-refractivity contribution in [3.05, 3.63) is 175 Å². The van der Waals surface area contributed by atoms with Gasteiger partial charge in [0.25, 0.3) is 31.8 Å². The van der Waals surface area contributed by atoms with Crippen molar-refractivity contribution in [3.8, 4) is 0 Å². The van der Waals surface area contributed by atoms with Crippen molar-refractivity contribution in [3.63, 3.8) is 0 Å². The largest absolute Gasteiger partial charge is 1.00 e. The number of esters is 3. The van der Waals surface area contributed by atoms with Crippen molar-refractivity contribution in [2.24, 2.45) is 11.5 Å². The molecule has 4 rings (SSSR count). The van der Waals surface area contributed by atoms with Crippen LogP contribution in [0.2, 0.25) is 0 Å². The third-order valence-corrected chi connectivity index (χ3v) is 22.7. The van der Waals surface area contributed by atoms with Crippen LogP contribution in [0.25, 0.3) is 0 Å². The monoisotopic (exact) mass is 2160 g/mol. The predicted molar refractivity (Wildman–Crippen MR) is 514 cm³/mol. The van der Waals surface area contributed by atoms with Crippen LogP contribution in [0, 0.1) is 40.5 Å². The van der Waals surface area contributed by atoms with Gasteiger partial charge in [-0.25, -0.2) is 86.3 Å². The second-order valence-corrected chi connectivity index (χ2v) is 41.5. The maximum Gasteiger partial charge on any atom is 1.00 e. The molecule has 0 spiro atoms. The molecule has 0 aliphatic rings. The van der Waals surface area contributed by atoms with Gasteiger partial charge in [-0.3, -0.25) is 40.5 Å². The van der Waals surface area contributed by atoms with E-state index in [0.29, 0.717) is 25.7 Å². The minimum absolute atomic E-state index is 0. The van der Waals surface area contributed by atoms with Gasteiger partial charge in [0.1, 0.15) is 58.2 Å². The van der Waals surface area contributed by atoms with E-state index in [-0.39, 0.29) is 57.9 Å². The molecule has 0 aliphatic carbocycles. The number of carbonyl (C=O) groups is 10. The number of methoxy groups -OCH3 is 3. The van der Waals surface area contributed by atoms with E-state index in [0.717, 1.165) is 83.1 Å². The Hall–Kier alpha value is -11.7. The molecule has 0 unspecified atom stereocenters. The molecule has 0 saturated heterocycles. The molecular formula is C83H129BrClLiN14O37S4. The van der Waals surface area contributed by atoms with Crippen LogP contribution in [0.15, 0.2) is 155 Å². The average molecular weight is 2170 g/mol. The topological polar surface area (TPSA) is 755 Å². The Morgan fingerprint density at radius 1 is 0.426 bits per heavy atom. The number of halogens is 2. The number of alkyl halides is 1. The Morgan fingerprint density at radius 3 is 0.929 bits per heavy atom. The number of hydrogen-bond donors (Lipinski definition) is 10. The van der Waals surface area contributed by atoms with Gasteiger partial charge >= 0.3 is 79.2 Å². The summed E-state index contributed by atoms with van der Waals surface area (Å²) in [4.78, 5) is 154. The third-order valence-electron chi connectivity index (χ3n) is 15.4. The van der Waals surface area contributed by atoms with Crippen molar-refractivity contribution in [2.45, 2.75) is 228 Å². The molecule has 5 atom stereocenters. The third kappa shape index (κ3) is 59.0. The second-order valence-electron chi connectivity index (χ2n) is 32.6. The number of rotatable bonds is 40. The first kappa shape index (κ1) is 140. The number of nitro groups is 4. The number of sulfonamides is 3. The number of carbonyl (C=O) groups excluding carboxylic acids is 8. The zero-order valence-electron chi connectivity index (χ0n) is 80.8. The Kier molecular flexibility index (Phi) is 66.5. The van der Waals surface area contributed by atoms with Gasteiger partial charge in [0.15, 0.2) is 19.6 Å². The number of carboxylic acid groups (broad SMARTS) is 2. The summed E-state index contributed by atoms with van der Waals surface area (Å²) >= 11 is 3.30. The summed E-state index contributed by atoms with van der Waals surface area (Å²) in [6, 6.07) is 12.8. The van der Waals surface area contributed by atoms with Crippen LogP contribution in [0.1, 0.15) is 150 Å². The van der Waals surface area contributed by atoms with E-state index in [2.05, 4.69) is 76.4 Å². The van der Waals surface area contributed by atoms with Crippen molar-refractivity contribution in [1.82, 2.24) is 39.9 Å². The molecule has 5 amide bonds. The van der Waals surface area contributed by atoms with Crippen LogP contribution in [0.5, 0.6) is 0 Å². The average Bonchev–Trinajstić information content (AvgIpc) is 0.783. The van der Waals surface area contributed by atoms with Crippen molar-refractivity contribution < 1.29 is 174 Å². The first-order valence-corrected chi connectivity index (χ1v) is 48.5. The van der Waals surface area contributed by atoms with E-state index in [4.69, 9.17) is 55.7 Å². The van der Waals surface area contributed by atoms with Gasteiger partial charge in [-0.05, 0) is 167 Å². The van der Waals surface area contributed by atoms with Crippen molar-refractivity contribution in [1.29, 1.82) is 0 Å². The smallest absolute Gasteiger partial charge is 0.870 e. The minimum atomic E-state index is -4.45. The SMILES string of the molecule is C.C=CCCCBr.C=CCCCN(C[C@H](NC(=O)OC(C)(C)C)C(=O)O)S(=O)(=O)c1ccccc1[N+](=O)[O-].C=CCCCN(C[C@H](NC(=O)OC(C)(C)C)C(=O)OC)S(=O)(=O)c1ccccc1[N+](=O)[O-].CC(C)(C)OC(=O)N[C@@H](CN)C(=O)O.COC(=O)[C@H](CN)NC(=O)OC(C)(C)C.COC(=O)[C@H](CNS(=O)(=O)c1ccccc1[N+](=O)[O-])NC(=O)OC(C)(C)C.O=[N+]([O-])c1ccccc1S(=O)(=O)Cl.[Li+].[OH-]. The number of carboxylic acids is 2. The fraction of sp³-hybridized carbons (Fsp3) is 0.518. The van der Waals surface area contributed by atoms with Crippen molar-refractivity contribution in [2.75, 3.05) is 72.5 Å². The summed E-state index contributed by atoms with van der Waals surface area (Å²) in [5.41, 5.74) is 4.19. The van der Waals surface area contributed by atoms with Gasteiger partial charge in [-0.15, -0.1) is 19.7 Å². The molecule has 0 saturated carbocycles. The zero-order valence-corrected chi connectivity index (χ0v) is 86.4. The minimum Gasteiger partial charge on any atom is -0.870 e. The van der Waals surface area contributed by atoms with Crippen molar-refractivity contribution >= 4 is 149 Å². The van der Waals surface area contributed by atoms with Crippen LogP contribution in [0.4, 0.5) is 46.7 Å². The maximum absolute atomic E-state index is 13.3. The molecule has 4 aromatic carbocycles. The van der Waals surface area contributed by atoms with Gasteiger partial charge in [0.2, 0.25) is 30.1 Å². The summed E-state index contributed by atoms with van der Waals surface area (Å²) < 4.78 is 142. The van der Waals surface area contributed by atoms with E-state index in [9.17, 15) is 127 Å². The fourth-order valence-corrected chi connectivity index (χ4v) is 15.5. The number of unbranched alkanes of at least 4 members (excludes halogenated alkanes) is 3. The van der Waals surface area contributed by atoms with Crippen LogP contribution in [0.3, 0.4) is 0 Å². The molecule has 4 aromatic rings. The van der Waals surface area contributed by atoms with Gasteiger partial charge in [0.05, 0.1) is 41.0 Å². The van der Waals surface area contributed by atoms with Crippen LogP contribution in [-0.2, 0) is 101 Å². The number of nitrogens with zero attached hydrogens (tertiary/aromatic N) is 6. The number of alkyl carbamates (subject to hydrolysis) is 5. The molecule has 0 aliphatic heterocycles. The quantitative estimate of drug-likeness (QED) is 0.00239. The summed E-state index contributed by atoms with van der Waals surface area (Å²) in [6.07, 6.45) is 4.54. The Morgan fingerprint density at radius 2 is 0.667 bits per heavy atom. The van der Waals surface area contributed by atoms with Crippen LogP contribution in [-0.4, -0.2) is 269 Å². The molecule has 792 valence electrons. The molecule has 0 bridgehead atoms. The van der Waals surface area contributed by atoms with Gasteiger partial charge in [0, 0.05) is 86.1 Å². The number of nitrogens with two attached hydrogens (primary N) is 2. The number of benzene rings is 4. The zero-order chi connectivity index (χ0) is 107.